The van der Waals surface area contributed by atoms with E-state index in [9.17, 15) is 4.79 Å². The highest BCUT2D eigenvalue weighted by molar-refractivity contribution is 6.09. The van der Waals surface area contributed by atoms with E-state index in [4.69, 9.17) is 10.4 Å². The van der Waals surface area contributed by atoms with Crippen LogP contribution >= 0.6 is 0 Å². The van der Waals surface area contributed by atoms with E-state index in [-0.39, 0.29) is 6.54 Å². The molecule has 4 nitrogen and oxygen atoms in total. The number of aromatic nitrogens is 1. The number of allylic oxidation sites excluding steroid dienone is 1. The van der Waals surface area contributed by atoms with Crippen molar-refractivity contribution in [2.24, 2.45) is 0 Å². The van der Waals surface area contributed by atoms with Gasteiger partial charge in [0.1, 0.15) is 6.54 Å². The number of aliphatic carboxylic acids is 1. The normalized spacial score (nSPS) is 11.2. The third kappa shape index (κ3) is 2.26. The van der Waals surface area contributed by atoms with Crippen molar-refractivity contribution in [3.8, 4) is 6.07 Å². The summed E-state index contributed by atoms with van der Waals surface area (Å²) in [6.45, 7) is -0.0720. The number of carboxylic acids is 1. The number of benzene rings is 2. The van der Waals surface area contributed by atoms with Crippen LogP contribution in [0.2, 0.25) is 0 Å². The van der Waals surface area contributed by atoms with Crippen LogP contribution in [0.15, 0.2) is 48.5 Å². The van der Waals surface area contributed by atoms with Crippen molar-refractivity contribution in [3.63, 3.8) is 0 Å². The van der Waals surface area contributed by atoms with Gasteiger partial charge >= 0.3 is 5.97 Å². The van der Waals surface area contributed by atoms with E-state index in [1.54, 1.807) is 10.6 Å². The van der Waals surface area contributed by atoms with Crippen LogP contribution in [0.3, 0.4) is 0 Å². The zero-order chi connectivity index (χ0) is 14.8. The molecule has 0 saturated carbocycles. The van der Waals surface area contributed by atoms with Gasteiger partial charge < -0.3 is 9.67 Å². The number of carboxylic acid groups (broad SMARTS) is 1. The van der Waals surface area contributed by atoms with E-state index >= 15 is 0 Å². The molecule has 3 rings (SSSR count). The number of nitriles is 1. The summed E-state index contributed by atoms with van der Waals surface area (Å²) in [6, 6.07) is 15.5. The molecule has 0 atom stereocenters. The van der Waals surface area contributed by atoms with E-state index in [0.29, 0.717) is 0 Å². The minimum absolute atomic E-state index is 0.0720. The van der Waals surface area contributed by atoms with Crippen molar-refractivity contribution >= 4 is 33.9 Å². The number of para-hydroxylation sites is 1. The second kappa shape index (κ2) is 5.14. The molecule has 1 aromatic heterocycles. The van der Waals surface area contributed by atoms with Gasteiger partial charge in [-0.15, -0.1) is 0 Å². The first-order valence-corrected chi connectivity index (χ1v) is 6.49. The number of hydrogen-bond acceptors (Lipinski definition) is 2. The molecule has 0 unspecified atom stereocenters. The van der Waals surface area contributed by atoms with Crippen molar-refractivity contribution < 1.29 is 9.90 Å². The molecule has 3 aromatic rings. The average molecular weight is 276 g/mol. The predicted octanol–water partition coefficient (Wildman–Crippen LogP) is 3.42. The van der Waals surface area contributed by atoms with E-state index in [1.807, 2.05) is 48.5 Å². The molecular formula is C17H12N2O2. The van der Waals surface area contributed by atoms with Crippen LogP contribution in [0, 0.1) is 11.3 Å². The first-order chi connectivity index (χ1) is 10.2. The molecule has 0 aliphatic carbocycles. The molecule has 0 spiro atoms. The molecule has 0 aliphatic rings. The maximum atomic E-state index is 11.1. The first kappa shape index (κ1) is 12.9. The molecule has 0 aliphatic heterocycles. The van der Waals surface area contributed by atoms with Gasteiger partial charge in [0.25, 0.3) is 0 Å². The Morgan fingerprint density at radius 2 is 1.95 bits per heavy atom. The minimum Gasteiger partial charge on any atom is -0.480 e. The molecule has 21 heavy (non-hydrogen) atoms. The number of hydrogen-bond donors (Lipinski definition) is 1. The summed E-state index contributed by atoms with van der Waals surface area (Å²) in [6.07, 6.45) is 3.17. The fourth-order valence-electron chi connectivity index (χ4n) is 2.61. The van der Waals surface area contributed by atoms with Crippen molar-refractivity contribution in [3.05, 3.63) is 54.1 Å². The second-order valence-electron chi connectivity index (χ2n) is 4.74. The Labute approximate surface area is 121 Å². The zero-order valence-corrected chi connectivity index (χ0v) is 11.2. The summed E-state index contributed by atoms with van der Waals surface area (Å²) >= 11 is 0. The Bertz CT molecular complexity index is 914. The Kier molecular flexibility index (Phi) is 3.17. The summed E-state index contributed by atoms with van der Waals surface area (Å²) in [7, 11) is 0. The number of fused-ring (bicyclic) bond motifs is 3. The smallest absolute Gasteiger partial charge is 0.323 e. The second-order valence-corrected chi connectivity index (χ2v) is 4.74. The van der Waals surface area contributed by atoms with Crippen LogP contribution < -0.4 is 0 Å². The van der Waals surface area contributed by atoms with Gasteiger partial charge in [0.15, 0.2) is 0 Å². The summed E-state index contributed by atoms with van der Waals surface area (Å²) in [4.78, 5) is 11.1. The Morgan fingerprint density at radius 1 is 1.19 bits per heavy atom. The fraction of sp³-hybridized carbons (Fsp3) is 0.0588. The highest BCUT2D eigenvalue weighted by Gasteiger charge is 2.12. The molecule has 2 aromatic carbocycles. The number of nitrogens with zero attached hydrogens (tertiary/aromatic N) is 2. The quantitative estimate of drug-likeness (QED) is 0.745. The van der Waals surface area contributed by atoms with Crippen LogP contribution in [-0.2, 0) is 11.3 Å². The molecule has 1 heterocycles. The number of rotatable bonds is 3. The summed E-state index contributed by atoms with van der Waals surface area (Å²) in [5.41, 5.74) is 2.70. The van der Waals surface area contributed by atoms with Gasteiger partial charge in [0, 0.05) is 27.9 Å². The first-order valence-electron chi connectivity index (χ1n) is 6.49. The minimum atomic E-state index is -0.869. The third-order valence-corrected chi connectivity index (χ3v) is 3.44. The summed E-state index contributed by atoms with van der Waals surface area (Å²) < 4.78 is 1.80. The Hall–Kier alpha value is -3.06. The molecule has 0 amide bonds. The topological polar surface area (TPSA) is 66.0 Å². The van der Waals surface area contributed by atoms with E-state index in [2.05, 4.69) is 0 Å². The Balaban J connectivity index is 2.32. The van der Waals surface area contributed by atoms with Crippen LogP contribution in [0.5, 0.6) is 0 Å². The van der Waals surface area contributed by atoms with Crippen LogP contribution in [-0.4, -0.2) is 15.6 Å². The molecule has 1 N–H and O–H groups in total. The molecule has 102 valence electrons. The van der Waals surface area contributed by atoms with E-state index in [0.717, 1.165) is 27.4 Å². The van der Waals surface area contributed by atoms with E-state index < -0.39 is 5.97 Å². The van der Waals surface area contributed by atoms with Gasteiger partial charge in [-0.3, -0.25) is 4.79 Å². The zero-order valence-electron chi connectivity index (χ0n) is 11.2. The van der Waals surface area contributed by atoms with Gasteiger partial charge in [-0.2, -0.15) is 5.26 Å². The molecule has 0 radical (unpaired) electrons. The largest absolute Gasteiger partial charge is 0.480 e. The summed E-state index contributed by atoms with van der Waals surface area (Å²) in [5, 5.41) is 19.7. The number of carbonyl (C=O) groups is 1. The lowest BCUT2D eigenvalue weighted by Gasteiger charge is -2.03. The third-order valence-electron chi connectivity index (χ3n) is 3.44. The van der Waals surface area contributed by atoms with Crippen LogP contribution in [0.25, 0.3) is 27.9 Å². The van der Waals surface area contributed by atoms with Gasteiger partial charge in [0.2, 0.25) is 0 Å². The van der Waals surface area contributed by atoms with Gasteiger partial charge in [-0.05, 0) is 29.8 Å². The monoisotopic (exact) mass is 276 g/mol. The van der Waals surface area contributed by atoms with Gasteiger partial charge in [-0.25, -0.2) is 0 Å². The van der Waals surface area contributed by atoms with Crippen molar-refractivity contribution in [1.82, 2.24) is 4.57 Å². The standard InChI is InChI=1S/C17H12N2O2/c18-9-3-4-12-7-8-16-14(10-12)13-5-1-2-6-15(13)19(16)11-17(20)21/h1-8,10H,11H2,(H,20,21). The van der Waals surface area contributed by atoms with Gasteiger partial charge in [0.05, 0.1) is 6.07 Å². The van der Waals surface area contributed by atoms with E-state index in [1.165, 1.54) is 6.08 Å². The molecular weight excluding hydrogens is 264 g/mol. The van der Waals surface area contributed by atoms with Crippen molar-refractivity contribution in [1.29, 1.82) is 5.26 Å². The van der Waals surface area contributed by atoms with Crippen molar-refractivity contribution in [2.45, 2.75) is 6.54 Å². The highest BCUT2D eigenvalue weighted by atomic mass is 16.4. The van der Waals surface area contributed by atoms with Gasteiger partial charge in [-0.1, -0.05) is 24.3 Å². The SMILES string of the molecule is N#CC=Cc1ccc2c(c1)c1ccccc1n2CC(=O)O. The summed E-state index contributed by atoms with van der Waals surface area (Å²) in [5.74, 6) is -0.869. The fourth-order valence-corrected chi connectivity index (χ4v) is 2.61. The molecule has 0 fully saturated rings. The lowest BCUT2D eigenvalue weighted by atomic mass is 10.1. The van der Waals surface area contributed by atoms with Crippen LogP contribution in [0.4, 0.5) is 0 Å². The lowest BCUT2D eigenvalue weighted by molar-refractivity contribution is -0.137. The lowest BCUT2D eigenvalue weighted by Crippen LogP contribution is -2.08. The molecule has 0 bridgehead atoms. The molecule has 4 heteroatoms. The highest BCUT2D eigenvalue weighted by Crippen LogP contribution is 2.29. The maximum absolute atomic E-state index is 11.1. The maximum Gasteiger partial charge on any atom is 0.323 e. The van der Waals surface area contributed by atoms with Crippen LogP contribution in [0.1, 0.15) is 5.56 Å². The Morgan fingerprint density at radius 3 is 2.71 bits per heavy atom. The predicted molar refractivity (Wildman–Crippen MR) is 81.7 cm³/mol. The van der Waals surface area contributed by atoms with Crippen molar-refractivity contribution in [2.75, 3.05) is 0 Å². The molecule has 0 saturated heterocycles. The average Bonchev–Trinajstić information content (AvgIpc) is 2.79.